The van der Waals surface area contributed by atoms with E-state index in [1.807, 2.05) is 0 Å². The van der Waals surface area contributed by atoms with Crippen LogP contribution in [-0.4, -0.2) is 18.1 Å². The Labute approximate surface area is 80.3 Å². The van der Waals surface area contributed by atoms with E-state index >= 15 is 0 Å². The number of rotatable bonds is 1. The van der Waals surface area contributed by atoms with E-state index in [9.17, 15) is 9.59 Å². The summed E-state index contributed by atoms with van der Waals surface area (Å²) in [6.07, 6.45) is 1.31. The van der Waals surface area contributed by atoms with Crippen molar-refractivity contribution in [2.24, 2.45) is 0 Å². The number of H-pyrrole nitrogens is 1. The zero-order valence-corrected chi connectivity index (χ0v) is 7.68. The fourth-order valence-electron chi connectivity index (χ4n) is 0.762. The number of carbonyl (C=O) groups is 1. The number of nitrogens with two attached hydrogens (primary N) is 1. The van der Waals surface area contributed by atoms with Crippen molar-refractivity contribution in [2.75, 3.05) is 12.8 Å². The highest BCUT2D eigenvalue weighted by Gasteiger charge is 2.09. The summed E-state index contributed by atoms with van der Waals surface area (Å²) < 4.78 is 4.36. The Morgan fingerprint density at radius 3 is 2.77 bits per heavy atom. The third kappa shape index (κ3) is 2.48. The highest BCUT2D eigenvalue weighted by Crippen LogP contribution is 1.99. The molecule has 0 radical (unpaired) electrons. The lowest BCUT2D eigenvalue weighted by atomic mass is 10.2. The summed E-state index contributed by atoms with van der Waals surface area (Å²) in [6.45, 7) is 0. The third-order valence-corrected chi connectivity index (χ3v) is 1.33. The van der Waals surface area contributed by atoms with Crippen LogP contribution in [0.15, 0.2) is 17.1 Å². The van der Waals surface area contributed by atoms with Gasteiger partial charge in [0, 0.05) is 11.9 Å². The fraction of sp³-hybridized carbons (Fsp3) is 0.143. The van der Waals surface area contributed by atoms with Gasteiger partial charge in [0.05, 0.1) is 7.11 Å². The maximum atomic E-state index is 11.0. The summed E-state index contributed by atoms with van der Waals surface area (Å²) in [7, 11) is 1.20. The molecule has 5 nitrogen and oxygen atoms in total. The molecule has 0 fully saturated rings. The number of anilines is 1. The van der Waals surface area contributed by atoms with Gasteiger partial charge < -0.3 is 15.5 Å². The van der Waals surface area contributed by atoms with Crippen LogP contribution in [0.4, 0.5) is 5.69 Å². The fourth-order valence-corrected chi connectivity index (χ4v) is 0.762. The molecule has 0 unspecified atom stereocenters. The molecule has 0 aliphatic rings. The van der Waals surface area contributed by atoms with Gasteiger partial charge in [-0.15, -0.1) is 12.4 Å². The SMILES string of the molecule is COC(=O)c1cc(N)c[nH]c1=O.Cl. The van der Waals surface area contributed by atoms with Crippen LogP contribution in [0.1, 0.15) is 10.4 Å². The zero-order chi connectivity index (χ0) is 9.14. The number of nitrogen functional groups attached to an aromatic ring is 1. The highest BCUT2D eigenvalue weighted by molar-refractivity contribution is 5.89. The molecular formula is C7H9ClN2O3. The lowest BCUT2D eigenvalue weighted by molar-refractivity contribution is 0.0599. The number of hydrogen-bond donors (Lipinski definition) is 2. The van der Waals surface area contributed by atoms with Crippen LogP contribution >= 0.6 is 12.4 Å². The van der Waals surface area contributed by atoms with Gasteiger partial charge in [-0.25, -0.2) is 4.79 Å². The molecule has 0 aliphatic heterocycles. The summed E-state index contributed by atoms with van der Waals surface area (Å²) >= 11 is 0. The summed E-state index contributed by atoms with van der Waals surface area (Å²) in [5.41, 5.74) is 5.07. The van der Waals surface area contributed by atoms with Crippen molar-refractivity contribution in [2.45, 2.75) is 0 Å². The third-order valence-electron chi connectivity index (χ3n) is 1.33. The van der Waals surface area contributed by atoms with Crippen molar-refractivity contribution in [1.29, 1.82) is 0 Å². The highest BCUT2D eigenvalue weighted by atomic mass is 35.5. The van der Waals surface area contributed by atoms with E-state index in [2.05, 4.69) is 9.72 Å². The van der Waals surface area contributed by atoms with Crippen molar-refractivity contribution >= 4 is 24.1 Å². The average Bonchev–Trinajstić information content (AvgIpc) is 2.08. The van der Waals surface area contributed by atoms with E-state index in [0.717, 1.165) is 0 Å². The molecule has 0 spiro atoms. The number of aromatic nitrogens is 1. The molecule has 0 saturated heterocycles. The normalized spacial score (nSPS) is 8.69. The number of methoxy groups -OCH3 is 1. The van der Waals surface area contributed by atoms with Gasteiger partial charge in [-0.2, -0.15) is 0 Å². The molecule has 1 aromatic rings. The first kappa shape index (κ1) is 11.5. The molecule has 0 bridgehead atoms. The monoisotopic (exact) mass is 204 g/mol. The van der Waals surface area contributed by atoms with Crippen molar-refractivity contribution in [3.05, 3.63) is 28.2 Å². The van der Waals surface area contributed by atoms with Gasteiger partial charge in [0.2, 0.25) is 0 Å². The van der Waals surface area contributed by atoms with Gasteiger partial charge in [-0.3, -0.25) is 4.79 Å². The van der Waals surface area contributed by atoms with E-state index in [1.165, 1.54) is 19.4 Å². The second kappa shape index (κ2) is 4.51. The molecule has 6 heteroatoms. The number of pyridine rings is 1. The molecule has 13 heavy (non-hydrogen) atoms. The number of nitrogens with one attached hydrogen (secondary N) is 1. The smallest absolute Gasteiger partial charge is 0.343 e. The Balaban J connectivity index is 0.00000144. The van der Waals surface area contributed by atoms with E-state index in [0.29, 0.717) is 5.69 Å². The quantitative estimate of drug-likeness (QED) is 0.639. The van der Waals surface area contributed by atoms with Gasteiger partial charge in [0.15, 0.2) is 0 Å². The Morgan fingerprint density at radius 2 is 2.23 bits per heavy atom. The average molecular weight is 205 g/mol. The van der Waals surface area contributed by atoms with Crippen LogP contribution in [0, 0.1) is 0 Å². The van der Waals surface area contributed by atoms with E-state index < -0.39 is 11.5 Å². The van der Waals surface area contributed by atoms with Crippen LogP contribution in [0.25, 0.3) is 0 Å². The number of carbonyl (C=O) groups excluding carboxylic acids is 1. The maximum absolute atomic E-state index is 11.0. The van der Waals surface area contributed by atoms with Crippen LogP contribution in [0.2, 0.25) is 0 Å². The summed E-state index contributed by atoms with van der Waals surface area (Å²) in [6, 6.07) is 1.27. The van der Waals surface area contributed by atoms with Crippen molar-refractivity contribution in [3.63, 3.8) is 0 Å². The number of ether oxygens (including phenoxy) is 1. The van der Waals surface area contributed by atoms with Crippen molar-refractivity contribution in [1.82, 2.24) is 4.98 Å². The second-order valence-corrected chi connectivity index (χ2v) is 2.17. The summed E-state index contributed by atoms with van der Waals surface area (Å²) in [5, 5.41) is 0. The second-order valence-electron chi connectivity index (χ2n) is 2.17. The Hall–Kier alpha value is -1.49. The van der Waals surface area contributed by atoms with Gasteiger partial charge in [-0.05, 0) is 6.07 Å². The molecule has 0 aliphatic carbocycles. The van der Waals surface area contributed by atoms with Gasteiger partial charge >= 0.3 is 5.97 Å². The first-order chi connectivity index (χ1) is 5.65. The lowest BCUT2D eigenvalue weighted by Gasteiger charge is -1.97. The number of halogens is 1. The molecular weight excluding hydrogens is 196 g/mol. The Morgan fingerprint density at radius 1 is 1.62 bits per heavy atom. The van der Waals surface area contributed by atoms with Gasteiger partial charge in [-0.1, -0.05) is 0 Å². The lowest BCUT2D eigenvalue weighted by Crippen LogP contribution is -2.18. The minimum atomic E-state index is -0.691. The van der Waals surface area contributed by atoms with Crippen LogP contribution in [0.3, 0.4) is 0 Å². The summed E-state index contributed by atoms with van der Waals surface area (Å²) in [5.74, 6) is -0.691. The maximum Gasteiger partial charge on any atom is 0.343 e. The molecule has 0 saturated carbocycles. The molecule has 1 rings (SSSR count). The summed E-state index contributed by atoms with van der Waals surface area (Å²) in [4.78, 5) is 24.2. The first-order valence-corrected chi connectivity index (χ1v) is 3.21. The molecule has 0 atom stereocenters. The predicted octanol–water partition coefficient (Wildman–Crippen LogP) is 0.166. The Bertz CT molecular complexity index is 361. The van der Waals surface area contributed by atoms with Gasteiger partial charge in [0.25, 0.3) is 5.56 Å². The zero-order valence-electron chi connectivity index (χ0n) is 6.87. The minimum absolute atomic E-state index is 0. The van der Waals surface area contributed by atoms with E-state index in [4.69, 9.17) is 5.73 Å². The van der Waals surface area contributed by atoms with Crippen molar-refractivity contribution in [3.8, 4) is 0 Å². The van der Waals surface area contributed by atoms with Gasteiger partial charge in [0.1, 0.15) is 5.56 Å². The molecule has 0 amide bonds. The predicted molar refractivity (Wildman–Crippen MR) is 50.1 cm³/mol. The van der Waals surface area contributed by atoms with Crippen LogP contribution < -0.4 is 11.3 Å². The topological polar surface area (TPSA) is 85.2 Å². The van der Waals surface area contributed by atoms with Crippen molar-refractivity contribution < 1.29 is 9.53 Å². The first-order valence-electron chi connectivity index (χ1n) is 3.21. The molecule has 72 valence electrons. The van der Waals surface area contributed by atoms with Crippen LogP contribution in [0.5, 0.6) is 0 Å². The Kier molecular flexibility index (Phi) is 4.00. The molecule has 3 N–H and O–H groups in total. The molecule has 1 heterocycles. The van der Waals surface area contributed by atoms with E-state index in [1.54, 1.807) is 0 Å². The number of aromatic amines is 1. The number of esters is 1. The van der Waals surface area contributed by atoms with Crippen LogP contribution in [-0.2, 0) is 4.74 Å². The minimum Gasteiger partial charge on any atom is -0.465 e. The molecule has 1 aromatic heterocycles. The van der Waals surface area contributed by atoms with E-state index in [-0.39, 0.29) is 18.0 Å². The largest absolute Gasteiger partial charge is 0.465 e. The molecule has 0 aromatic carbocycles. The number of hydrogen-bond acceptors (Lipinski definition) is 4. The standard InChI is InChI=1S/C7H8N2O3.ClH/c1-12-7(11)5-2-4(8)3-9-6(5)10;/h2-3H,8H2,1H3,(H,9,10);1H.